The minimum Gasteiger partial charge on any atom is -0.0654 e. The van der Waals surface area contributed by atoms with E-state index in [-0.39, 0.29) is 0 Å². The highest BCUT2D eigenvalue weighted by atomic mass is 14.3. The minimum atomic E-state index is 0.985. The highest BCUT2D eigenvalue weighted by Gasteiger charge is 2.27. The van der Waals surface area contributed by atoms with Gasteiger partial charge in [-0.15, -0.1) is 0 Å². The van der Waals surface area contributed by atoms with E-state index < -0.39 is 0 Å². The van der Waals surface area contributed by atoms with Crippen LogP contribution >= 0.6 is 0 Å². The maximum atomic E-state index is 2.43. The predicted octanol–water partition coefficient (Wildman–Crippen LogP) is 10.6. The van der Waals surface area contributed by atoms with E-state index in [1.54, 1.807) is 38.5 Å². The molecule has 3 saturated carbocycles. The van der Waals surface area contributed by atoms with E-state index in [1.165, 1.54) is 89.9 Å². The largest absolute Gasteiger partial charge is 0.0654 e. The van der Waals surface area contributed by atoms with Gasteiger partial charge in [-0.1, -0.05) is 150 Å². The van der Waals surface area contributed by atoms with Crippen molar-refractivity contribution in [3.8, 4) is 0 Å². The Morgan fingerprint density at radius 2 is 1.33 bits per heavy atom. The summed E-state index contributed by atoms with van der Waals surface area (Å²) in [6.45, 7) is 9.50. The van der Waals surface area contributed by atoms with Crippen LogP contribution in [0.2, 0.25) is 0 Å². The fourth-order valence-corrected chi connectivity index (χ4v) is 7.10. The summed E-state index contributed by atoms with van der Waals surface area (Å²) >= 11 is 0. The molecule has 0 radical (unpaired) electrons. The highest BCUT2D eigenvalue weighted by molar-refractivity contribution is 4.78. The molecule has 4 atom stereocenters. The van der Waals surface area contributed by atoms with E-state index in [0.29, 0.717) is 0 Å². The monoisotopic (exact) mass is 418 g/mol. The van der Waals surface area contributed by atoms with Gasteiger partial charge in [-0.25, -0.2) is 0 Å². The fraction of sp³-hybridized carbons (Fsp3) is 1.00. The Hall–Kier alpha value is 0. The molecule has 0 aromatic heterocycles. The van der Waals surface area contributed by atoms with Crippen LogP contribution in [0.4, 0.5) is 0 Å². The Bertz CT molecular complexity index is 387. The molecule has 0 heteroatoms. The lowest BCUT2D eigenvalue weighted by Gasteiger charge is -2.34. The molecule has 0 aliphatic heterocycles. The first-order valence-corrected chi connectivity index (χ1v) is 14.7. The van der Waals surface area contributed by atoms with E-state index >= 15 is 0 Å². The predicted molar refractivity (Wildman–Crippen MR) is 136 cm³/mol. The first-order valence-electron chi connectivity index (χ1n) is 14.7. The van der Waals surface area contributed by atoms with Crippen molar-refractivity contribution in [3.05, 3.63) is 0 Å². The molecule has 30 heavy (non-hydrogen) atoms. The summed E-state index contributed by atoms with van der Waals surface area (Å²) in [4.78, 5) is 0. The molecule has 3 aliphatic carbocycles. The van der Waals surface area contributed by atoms with Gasteiger partial charge in [0.1, 0.15) is 0 Å². The second-order valence-electron chi connectivity index (χ2n) is 11.7. The van der Waals surface area contributed by atoms with Gasteiger partial charge in [0.2, 0.25) is 0 Å². The maximum Gasteiger partial charge on any atom is -0.0383 e. The molecule has 0 nitrogen and oxygen atoms in total. The first kappa shape index (κ1) is 26.3. The average Bonchev–Trinajstić information content (AvgIpc) is 2.79. The Balaban J connectivity index is 0.000000269. The van der Waals surface area contributed by atoms with Gasteiger partial charge in [0, 0.05) is 0 Å². The van der Waals surface area contributed by atoms with Crippen LogP contribution in [0.5, 0.6) is 0 Å². The summed E-state index contributed by atoms with van der Waals surface area (Å²) in [6.07, 6.45) is 30.2. The van der Waals surface area contributed by atoms with Crippen molar-refractivity contribution in [1.82, 2.24) is 0 Å². The third kappa shape index (κ3) is 9.65. The molecular formula is C30H58. The second kappa shape index (κ2) is 15.7. The van der Waals surface area contributed by atoms with E-state index in [1.807, 2.05) is 0 Å². The second-order valence-corrected chi connectivity index (χ2v) is 11.7. The van der Waals surface area contributed by atoms with E-state index in [2.05, 4.69) is 27.7 Å². The molecule has 0 saturated heterocycles. The first-order chi connectivity index (χ1) is 14.7. The van der Waals surface area contributed by atoms with Crippen LogP contribution in [0.15, 0.2) is 0 Å². The van der Waals surface area contributed by atoms with Gasteiger partial charge in [0.15, 0.2) is 0 Å². The Morgan fingerprint density at radius 1 is 0.667 bits per heavy atom. The van der Waals surface area contributed by atoms with Crippen molar-refractivity contribution in [1.29, 1.82) is 0 Å². The van der Waals surface area contributed by atoms with Crippen LogP contribution in [0.1, 0.15) is 156 Å². The van der Waals surface area contributed by atoms with Gasteiger partial charge in [0.05, 0.1) is 0 Å². The third-order valence-electron chi connectivity index (χ3n) is 9.51. The molecule has 0 N–H and O–H groups in total. The SMILES string of the molecule is CCC1CCCC(C)C1C.CCCCCCC(CC1CCCCC1)C1CCCCC1. The molecule has 0 aromatic rings. The molecule has 3 fully saturated rings. The normalized spacial score (nSPS) is 29.8. The standard InChI is InChI=1S/C20H38.C10H20/c1-2-3-4-9-16-20(19-14-10-6-11-15-19)17-18-12-7-5-8-13-18;1-4-10-7-5-6-8(2)9(10)3/h18-20H,2-17H2,1H3;8-10H,4-7H2,1-3H3. The average molecular weight is 419 g/mol. The summed E-state index contributed by atoms with van der Waals surface area (Å²) in [5, 5.41) is 0. The number of unbranched alkanes of at least 4 members (excludes halogenated alkanes) is 3. The number of rotatable bonds is 9. The van der Waals surface area contributed by atoms with Gasteiger partial charge in [-0.05, 0) is 41.9 Å². The lowest BCUT2D eigenvalue weighted by molar-refractivity contribution is 0.177. The molecule has 3 rings (SSSR count). The summed E-state index contributed by atoms with van der Waals surface area (Å²) in [7, 11) is 0. The molecule has 3 aliphatic rings. The van der Waals surface area contributed by atoms with Gasteiger partial charge >= 0.3 is 0 Å². The van der Waals surface area contributed by atoms with Gasteiger partial charge < -0.3 is 0 Å². The maximum absolute atomic E-state index is 2.43. The summed E-state index contributed by atoms with van der Waals surface area (Å²) in [6, 6.07) is 0. The number of hydrogen-bond acceptors (Lipinski definition) is 0. The zero-order chi connectivity index (χ0) is 21.6. The molecule has 178 valence electrons. The zero-order valence-corrected chi connectivity index (χ0v) is 21.6. The quantitative estimate of drug-likeness (QED) is 0.326. The van der Waals surface area contributed by atoms with Crippen LogP contribution < -0.4 is 0 Å². The highest BCUT2D eigenvalue weighted by Crippen LogP contribution is 2.39. The topological polar surface area (TPSA) is 0 Å². The minimum absolute atomic E-state index is 0.985. The van der Waals surface area contributed by atoms with E-state index in [9.17, 15) is 0 Å². The van der Waals surface area contributed by atoms with Crippen molar-refractivity contribution >= 4 is 0 Å². The molecule has 0 aromatic carbocycles. The summed E-state index contributed by atoms with van der Waals surface area (Å²) < 4.78 is 0. The lowest BCUT2D eigenvalue weighted by Crippen LogP contribution is -2.23. The molecule has 0 spiro atoms. The van der Waals surface area contributed by atoms with Crippen molar-refractivity contribution in [3.63, 3.8) is 0 Å². The van der Waals surface area contributed by atoms with Gasteiger partial charge in [0.25, 0.3) is 0 Å². The van der Waals surface area contributed by atoms with Crippen LogP contribution in [0, 0.1) is 35.5 Å². The summed E-state index contributed by atoms with van der Waals surface area (Å²) in [5.74, 6) is 6.30. The van der Waals surface area contributed by atoms with Gasteiger partial charge in [-0.2, -0.15) is 0 Å². The smallest absolute Gasteiger partial charge is 0.0383 e. The fourth-order valence-electron chi connectivity index (χ4n) is 7.10. The van der Waals surface area contributed by atoms with Crippen LogP contribution in [-0.2, 0) is 0 Å². The van der Waals surface area contributed by atoms with Crippen LogP contribution in [-0.4, -0.2) is 0 Å². The number of hydrogen-bond donors (Lipinski definition) is 0. The summed E-state index contributed by atoms with van der Waals surface area (Å²) in [5.41, 5.74) is 0. The van der Waals surface area contributed by atoms with E-state index in [4.69, 9.17) is 0 Å². The molecular weight excluding hydrogens is 360 g/mol. The Kier molecular flexibility index (Phi) is 13.8. The molecule has 0 bridgehead atoms. The van der Waals surface area contributed by atoms with Crippen molar-refractivity contribution in [2.24, 2.45) is 35.5 Å². The van der Waals surface area contributed by atoms with E-state index in [0.717, 1.165) is 35.5 Å². The zero-order valence-electron chi connectivity index (χ0n) is 21.6. The third-order valence-corrected chi connectivity index (χ3v) is 9.51. The van der Waals surface area contributed by atoms with Crippen molar-refractivity contribution in [2.75, 3.05) is 0 Å². The molecule has 4 unspecified atom stereocenters. The molecule has 0 heterocycles. The Labute approximate surface area is 191 Å². The van der Waals surface area contributed by atoms with Crippen LogP contribution in [0.25, 0.3) is 0 Å². The lowest BCUT2D eigenvalue weighted by atomic mass is 9.72. The van der Waals surface area contributed by atoms with Crippen LogP contribution in [0.3, 0.4) is 0 Å². The van der Waals surface area contributed by atoms with Gasteiger partial charge in [-0.3, -0.25) is 0 Å². The molecule has 0 amide bonds. The van der Waals surface area contributed by atoms with Crippen molar-refractivity contribution < 1.29 is 0 Å². The Morgan fingerprint density at radius 3 is 1.93 bits per heavy atom. The van der Waals surface area contributed by atoms with Crippen molar-refractivity contribution in [2.45, 2.75) is 156 Å².